The Kier molecular flexibility index (Phi) is 8.74. The summed E-state index contributed by atoms with van der Waals surface area (Å²) in [5.41, 5.74) is 3.40. The second kappa shape index (κ2) is 12.5. The first kappa shape index (κ1) is 30.1. The SMILES string of the molecule is Cc1oc(-c2ccc(-c3cccs3)cc2)nc1CCOc1ccc(CC(C)(Oc2cccc(C(C)(C)C)c2)C(=O)O)cc1. The first-order valence-corrected chi connectivity index (χ1v) is 15.2. The standard InChI is InChI=1S/C36H37NO5S/c1-24-31(37-33(41-24)27-15-13-26(14-16-27)32-10-7-21-43-32)19-20-40-29-17-11-25(12-18-29)23-36(5,34(38)39)42-30-9-6-8-28(22-30)35(2,3)4/h6-18,21-22H,19-20,23H2,1-5H3,(H,38,39). The van der Waals surface area contributed by atoms with Gasteiger partial charge in [-0.1, -0.05) is 63.2 Å². The number of ether oxygens (including phenoxy) is 2. The highest BCUT2D eigenvalue weighted by Gasteiger charge is 2.36. The van der Waals surface area contributed by atoms with Gasteiger partial charge in [-0.05, 0) is 83.8 Å². The molecule has 43 heavy (non-hydrogen) atoms. The Hall–Kier alpha value is -4.36. The largest absolute Gasteiger partial charge is 0.493 e. The molecule has 6 nitrogen and oxygen atoms in total. The van der Waals surface area contributed by atoms with Gasteiger partial charge in [-0.25, -0.2) is 9.78 Å². The van der Waals surface area contributed by atoms with E-state index in [2.05, 4.69) is 44.4 Å². The van der Waals surface area contributed by atoms with Gasteiger partial charge in [-0.15, -0.1) is 11.3 Å². The second-order valence-corrected chi connectivity index (χ2v) is 12.9. The van der Waals surface area contributed by atoms with Crippen molar-refractivity contribution < 1.29 is 23.8 Å². The third-order valence-electron chi connectivity index (χ3n) is 7.40. The van der Waals surface area contributed by atoms with E-state index in [9.17, 15) is 9.90 Å². The predicted molar refractivity (Wildman–Crippen MR) is 171 cm³/mol. The van der Waals surface area contributed by atoms with Crippen LogP contribution in [0.25, 0.3) is 21.9 Å². The van der Waals surface area contributed by atoms with Crippen LogP contribution < -0.4 is 9.47 Å². The summed E-state index contributed by atoms with van der Waals surface area (Å²) in [7, 11) is 0. The number of carbonyl (C=O) groups is 1. The molecule has 7 heteroatoms. The topological polar surface area (TPSA) is 81.8 Å². The Labute approximate surface area is 257 Å². The quantitative estimate of drug-likeness (QED) is 0.164. The summed E-state index contributed by atoms with van der Waals surface area (Å²) in [5, 5.41) is 12.1. The molecule has 0 saturated carbocycles. The van der Waals surface area contributed by atoms with Gasteiger partial charge in [0.1, 0.15) is 17.3 Å². The van der Waals surface area contributed by atoms with E-state index in [4.69, 9.17) is 18.9 Å². The third kappa shape index (κ3) is 7.35. The highest BCUT2D eigenvalue weighted by atomic mass is 32.1. The number of nitrogens with zero attached hydrogens (tertiary/aromatic N) is 1. The van der Waals surface area contributed by atoms with Crippen molar-refractivity contribution in [3.63, 3.8) is 0 Å². The van der Waals surface area contributed by atoms with Crippen molar-refractivity contribution in [1.29, 1.82) is 0 Å². The van der Waals surface area contributed by atoms with Crippen LogP contribution in [0.5, 0.6) is 11.5 Å². The molecule has 2 aromatic heterocycles. The molecule has 0 saturated heterocycles. The highest BCUT2D eigenvalue weighted by Crippen LogP contribution is 2.30. The van der Waals surface area contributed by atoms with Gasteiger partial charge >= 0.3 is 5.97 Å². The number of benzene rings is 3. The maximum absolute atomic E-state index is 12.3. The normalized spacial score (nSPS) is 13.0. The van der Waals surface area contributed by atoms with Crippen molar-refractivity contribution in [2.24, 2.45) is 0 Å². The average Bonchev–Trinajstić information content (AvgIpc) is 3.64. The molecule has 1 unspecified atom stereocenters. The number of aliphatic carboxylic acids is 1. The van der Waals surface area contributed by atoms with Crippen LogP contribution in [-0.2, 0) is 23.1 Å². The van der Waals surface area contributed by atoms with E-state index in [-0.39, 0.29) is 11.8 Å². The molecule has 1 atom stereocenters. The molecule has 0 amide bonds. The summed E-state index contributed by atoms with van der Waals surface area (Å²) in [5.74, 6) is 1.60. The fraction of sp³-hybridized carbons (Fsp3) is 0.278. The predicted octanol–water partition coefficient (Wildman–Crippen LogP) is 8.76. The number of carboxylic acids is 1. The van der Waals surface area contributed by atoms with Crippen molar-refractivity contribution in [2.75, 3.05) is 6.61 Å². The zero-order chi connectivity index (χ0) is 30.6. The Bertz CT molecular complexity index is 1660. The Morgan fingerprint density at radius 1 is 0.907 bits per heavy atom. The number of aryl methyl sites for hydroxylation is 1. The van der Waals surface area contributed by atoms with Crippen molar-refractivity contribution >= 4 is 17.3 Å². The molecule has 0 aliphatic carbocycles. The van der Waals surface area contributed by atoms with Crippen LogP contribution in [0.3, 0.4) is 0 Å². The van der Waals surface area contributed by atoms with Gasteiger partial charge in [0.25, 0.3) is 0 Å². The Balaban J connectivity index is 1.17. The lowest BCUT2D eigenvalue weighted by molar-refractivity contribution is -0.153. The van der Waals surface area contributed by atoms with Gasteiger partial charge in [-0.3, -0.25) is 0 Å². The van der Waals surface area contributed by atoms with Crippen molar-refractivity contribution in [2.45, 2.75) is 58.5 Å². The molecule has 0 radical (unpaired) electrons. The molecule has 222 valence electrons. The van der Waals surface area contributed by atoms with E-state index in [0.29, 0.717) is 30.4 Å². The summed E-state index contributed by atoms with van der Waals surface area (Å²) in [6.45, 7) is 10.3. The molecule has 0 aliphatic heterocycles. The van der Waals surface area contributed by atoms with E-state index >= 15 is 0 Å². The molecule has 2 heterocycles. The molecule has 5 rings (SSSR count). The third-order valence-corrected chi connectivity index (χ3v) is 8.32. The number of hydrogen-bond donors (Lipinski definition) is 1. The van der Waals surface area contributed by atoms with Gasteiger partial charge in [-0.2, -0.15) is 0 Å². The maximum Gasteiger partial charge on any atom is 0.348 e. The zero-order valence-electron chi connectivity index (χ0n) is 25.2. The van der Waals surface area contributed by atoms with E-state index in [0.717, 1.165) is 28.1 Å². The van der Waals surface area contributed by atoms with Crippen molar-refractivity contribution in [3.05, 3.63) is 113 Å². The lowest BCUT2D eigenvalue weighted by Gasteiger charge is -2.28. The van der Waals surface area contributed by atoms with E-state index in [1.165, 1.54) is 10.4 Å². The van der Waals surface area contributed by atoms with Crippen LogP contribution >= 0.6 is 11.3 Å². The lowest BCUT2D eigenvalue weighted by atomic mass is 9.87. The first-order chi connectivity index (χ1) is 20.5. The monoisotopic (exact) mass is 595 g/mol. The maximum atomic E-state index is 12.3. The number of thiophene rings is 1. The minimum absolute atomic E-state index is 0.0693. The van der Waals surface area contributed by atoms with E-state index in [1.54, 1.807) is 24.3 Å². The summed E-state index contributed by atoms with van der Waals surface area (Å²) in [6, 6.07) is 27.5. The van der Waals surface area contributed by atoms with E-state index in [1.807, 2.05) is 67.6 Å². The van der Waals surface area contributed by atoms with E-state index < -0.39 is 11.6 Å². The molecule has 0 fully saturated rings. The molecule has 3 aromatic carbocycles. The molecule has 0 bridgehead atoms. The molecule has 0 aliphatic rings. The van der Waals surface area contributed by atoms with Gasteiger partial charge in [0, 0.05) is 23.3 Å². The van der Waals surface area contributed by atoms with Crippen LogP contribution in [0.1, 0.15) is 50.3 Å². The minimum Gasteiger partial charge on any atom is -0.493 e. The van der Waals surface area contributed by atoms with Gasteiger partial charge in [0.05, 0.1) is 12.3 Å². The number of carboxylic acid groups (broad SMARTS) is 1. The minimum atomic E-state index is -1.43. The smallest absolute Gasteiger partial charge is 0.348 e. The molecule has 1 N–H and O–H groups in total. The molecular formula is C36H37NO5S. The van der Waals surface area contributed by atoms with Gasteiger partial charge in [0.15, 0.2) is 0 Å². The fourth-order valence-corrected chi connectivity index (χ4v) is 5.54. The van der Waals surface area contributed by atoms with Crippen molar-refractivity contribution in [3.8, 4) is 33.4 Å². The summed E-state index contributed by atoms with van der Waals surface area (Å²) in [6.07, 6.45) is 0.806. The number of hydrogen-bond acceptors (Lipinski definition) is 6. The zero-order valence-corrected chi connectivity index (χ0v) is 26.0. The first-order valence-electron chi connectivity index (χ1n) is 14.4. The van der Waals surface area contributed by atoms with Gasteiger partial charge in [0.2, 0.25) is 11.5 Å². The highest BCUT2D eigenvalue weighted by molar-refractivity contribution is 7.13. The summed E-state index contributed by atoms with van der Waals surface area (Å²) < 4.78 is 18.0. The van der Waals surface area contributed by atoms with Crippen LogP contribution in [0.2, 0.25) is 0 Å². The lowest BCUT2D eigenvalue weighted by Crippen LogP contribution is -2.43. The molecular weight excluding hydrogens is 558 g/mol. The molecule has 5 aromatic rings. The van der Waals surface area contributed by atoms with Gasteiger partial charge < -0.3 is 19.0 Å². The second-order valence-electron chi connectivity index (χ2n) is 11.9. The number of aromatic nitrogens is 1. The molecule has 0 spiro atoms. The number of rotatable bonds is 11. The van der Waals surface area contributed by atoms with Crippen LogP contribution in [-0.4, -0.2) is 28.3 Å². The van der Waals surface area contributed by atoms with Crippen LogP contribution in [0.4, 0.5) is 0 Å². The van der Waals surface area contributed by atoms with Crippen LogP contribution in [0.15, 0.2) is 94.7 Å². The van der Waals surface area contributed by atoms with Crippen LogP contribution in [0, 0.1) is 6.92 Å². The van der Waals surface area contributed by atoms with Crippen molar-refractivity contribution in [1.82, 2.24) is 4.98 Å². The Morgan fingerprint density at radius 3 is 2.28 bits per heavy atom. The summed E-state index contributed by atoms with van der Waals surface area (Å²) >= 11 is 1.71. The number of oxazole rings is 1. The average molecular weight is 596 g/mol. The summed E-state index contributed by atoms with van der Waals surface area (Å²) in [4.78, 5) is 18.2. The fourth-order valence-electron chi connectivity index (χ4n) is 4.80. The Morgan fingerprint density at radius 2 is 1.63 bits per heavy atom.